The van der Waals surface area contributed by atoms with Crippen LogP contribution >= 0.6 is 0 Å². The van der Waals surface area contributed by atoms with Crippen LogP contribution in [-0.2, 0) is 16.1 Å². The van der Waals surface area contributed by atoms with E-state index in [1.807, 2.05) is 66.7 Å². The molecule has 3 aromatic rings. The Bertz CT molecular complexity index is 874. The second-order valence-corrected chi connectivity index (χ2v) is 6.20. The molecule has 0 spiro atoms. The normalized spacial score (nSPS) is 10.6. The fourth-order valence-electron chi connectivity index (χ4n) is 2.76. The van der Waals surface area contributed by atoms with Crippen molar-refractivity contribution in [3.05, 3.63) is 72.3 Å². The van der Waals surface area contributed by atoms with Gasteiger partial charge in [0.1, 0.15) is 18.1 Å². The highest BCUT2D eigenvalue weighted by atomic mass is 16.5. The Morgan fingerprint density at radius 1 is 0.852 bits per heavy atom. The molecular weight excluding hydrogens is 340 g/mol. The lowest BCUT2D eigenvalue weighted by Gasteiger charge is -2.10. The molecular formula is C23H24O4. The first-order valence-electron chi connectivity index (χ1n) is 9.23. The van der Waals surface area contributed by atoms with E-state index < -0.39 is 0 Å². The SMILES string of the molecule is CCOC(=O)CCCOc1ccc2ccc(OCc3ccccc3)cc2c1. The van der Waals surface area contributed by atoms with E-state index in [1.54, 1.807) is 6.92 Å². The largest absolute Gasteiger partial charge is 0.494 e. The first-order chi connectivity index (χ1) is 13.2. The third-order valence-electron chi connectivity index (χ3n) is 4.13. The van der Waals surface area contributed by atoms with Crippen molar-refractivity contribution in [3.63, 3.8) is 0 Å². The van der Waals surface area contributed by atoms with Crippen LogP contribution in [-0.4, -0.2) is 19.2 Å². The summed E-state index contributed by atoms with van der Waals surface area (Å²) >= 11 is 0. The Morgan fingerprint density at radius 3 is 2.26 bits per heavy atom. The smallest absolute Gasteiger partial charge is 0.305 e. The molecule has 4 nitrogen and oxygen atoms in total. The highest BCUT2D eigenvalue weighted by Gasteiger charge is 2.04. The molecule has 0 fully saturated rings. The molecule has 3 rings (SSSR count). The molecule has 0 aliphatic carbocycles. The first-order valence-corrected chi connectivity index (χ1v) is 9.23. The highest BCUT2D eigenvalue weighted by Crippen LogP contribution is 2.25. The third-order valence-corrected chi connectivity index (χ3v) is 4.13. The van der Waals surface area contributed by atoms with Crippen molar-refractivity contribution < 1.29 is 19.0 Å². The number of carbonyl (C=O) groups is 1. The summed E-state index contributed by atoms with van der Waals surface area (Å²) in [4.78, 5) is 11.3. The van der Waals surface area contributed by atoms with E-state index in [0.29, 0.717) is 32.7 Å². The Labute approximate surface area is 159 Å². The average molecular weight is 364 g/mol. The number of hydrogen-bond donors (Lipinski definition) is 0. The van der Waals surface area contributed by atoms with Gasteiger partial charge in [0.25, 0.3) is 0 Å². The molecule has 0 amide bonds. The molecule has 3 aromatic carbocycles. The molecule has 0 radical (unpaired) electrons. The molecule has 0 N–H and O–H groups in total. The van der Waals surface area contributed by atoms with E-state index >= 15 is 0 Å². The lowest BCUT2D eigenvalue weighted by molar-refractivity contribution is -0.143. The van der Waals surface area contributed by atoms with Crippen molar-refractivity contribution in [1.29, 1.82) is 0 Å². The predicted molar refractivity (Wildman–Crippen MR) is 106 cm³/mol. The maximum absolute atomic E-state index is 11.3. The molecule has 4 heteroatoms. The number of carbonyl (C=O) groups excluding carboxylic acids is 1. The van der Waals surface area contributed by atoms with Crippen LogP contribution in [0.3, 0.4) is 0 Å². The van der Waals surface area contributed by atoms with Gasteiger partial charge in [0.2, 0.25) is 0 Å². The van der Waals surface area contributed by atoms with Gasteiger partial charge in [0.05, 0.1) is 13.2 Å². The summed E-state index contributed by atoms with van der Waals surface area (Å²) < 4.78 is 16.6. The highest BCUT2D eigenvalue weighted by molar-refractivity contribution is 5.85. The van der Waals surface area contributed by atoms with Gasteiger partial charge in [-0.1, -0.05) is 42.5 Å². The summed E-state index contributed by atoms with van der Waals surface area (Å²) in [6.07, 6.45) is 1.01. The molecule has 0 heterocycles. The fraction of sp³-hybridized carbons (Fsp3) is 0.261. The molecule has 0 atom stereocenters. The maximum Gasteiger partial charge on any atom is 0.305 e. The minimum absolute atomic E-state index is 0.181. The van der Waals surface area contributed by atoms with E-state index in [0.717, 1.165) is 27.8 Å². The van der Waals surface area contributed by atoms with E-state index in [-0.39, 0.29) is 5.97 Å². The maximum atomic E-state index is 11.3. The van der Waals surface area contributed by atoms with Crippen molar-refractivity contribution in [1.82, 2.24) is 0 Å². The number of benzene rings is 3. The third kappa shape index (κ3) is 5.74. The Balaban J connectivity index is 1.57. The minimum Gasteiger partial charge on any atom is -0.494 e. The van der Waals surface area contributed by atoms with Gasteiger partial charge in [-0.3, -0.25) is 4.79 Å². The van der Waals surface area contributed by atoms with Crippen LogP contribution in [0, 0.1) is 0 Å². The van der Waals surface area contributed by atoms with Crippen LogP contribution in [0.5, 0.6) is 11.5 Å². The van der Waals surface area contributed by atoms with Gasteiger partial charge in [-0.15, -0.1) is 0 Å². The van der Waals surface area contributed by atoms with Gasteiger partial charge < -0.3 is 14.2 Å². The molecule has 0 saturated carbocycles. The molecule has 0 aliphatic heterocycles. The zero-order valence-electron chi connectivity index (χ0n) is 15.5. The van der Waals surface area contributed by atoms with Crippen LogP contribution < -0.4 is 9.47 Å². The second kappa shape index (κ2) is 9.62. The van der Waals surface area contributed by atoms with Gasteiger partial charge in [0.15, 0.2) is 0 Å². The Morgan fingerprint density at radius 2 is 1.56 bits per heavy atom. The number of fused-ring (bicyclic) bond motifs is 1. The molecule has 0 aromatic heterocycles. The summed E-state index contributed by atoms with van der Waals surface area (Å²) in [7, 11) is 0. The van der Waals surface area contributed by atoms with Crippen LogP contribution in [0.1, 0.15) is 25.3 Å². The topological polar surface area (TPSA) is 44.8 Å². The van der Waals surface area contributed by atoms with E-state index in [2.05, 4.69) is 0 Å². The molecule has 0 bridgehead atoms. The lowest BCUT2D eigenvalue weighted by Crippen LogP contribution is -2.06. The molecule has 27 heavy (non-hydrogen) atoms. The van der Waals surface area contributed by atoms with Crippen molar-refractivity contribution in [2.24, 2.45) is 0 Å². The van der Waals surface area contributed by atoms with Crippen molar-refractivity contribution in [2.45, 2.75) is 26.4 Å². The number of hydrogen-bond acceptors (Lipinski definition) is 4. The summed E-state index contributed by atoms with van der Waals surface area (Å²) in [6.45, 7) is 3.24. The van der Waals surface area contributed by atoms with Crippen LogP contribution in [0.25, 0.3) is 10.8 Å². The zero-order chi connectivity index (χ0) is 18.9. The summed E-state index contributed by atoms with van der Waals surface area (Å²) in [5.41, 5.74) is 1.14. The lowest BCUT2D eigenvalue weighted by atomic mass is 10.1. The van der Waals surface area contributed by atoms with E-state index in [1.165, 1.54) is 0 Å². The minimum atomic E-state index is -0.181. The van der Waals surface area contributed by atoms with Crippen molar-refractivity contribution in [3.8, 4) is 11.5 Å². The van der Waals surface area contributed by atoms with Gasteiger partial charge >= 0.3 is 5.97 Å². The average Bonchev–Trinajstić information content (AvgIpc) is 2.70. The fourth-order valence-corrected chi connectivity index (χ4v) is 2.76. The van der Waals surface area contributed by atoms with Crippen molar-refractivity contribution >= 4 is 16.7 Å². The van der Waals surface area contributed by atoms with Crippen molar-refractivity contribution in [2.75, 3.05) is 13.2 Å². The van der Waals surface area contributed by atoms with Gasteiger partial charge in [-0.25, -0.2) is 0 Å². The van der Waals surface area contributed by atoms with Gasteiger partial charge in [0, 0.05) is 6.42 Å². The summed E-state index contributed by atoms with van der Waals surface area (Å²) in [6, 6.07) is 22.1. The van der Waals surface area contributed by atoms with Gasteiger partial charge in [-0.2, -0.15) is 0 Å². The monoisotopic (exact) mass is 364 g/mol. The first kappa shape index (κ1) is 18.8. The summed E-state index contributed by atoms with van der Waals surface area (Å²) in [5.74, 6) is 1.43. The number of rotatable bonds is 9. The molecule has 0 aliphatic rings. The molecule has 0 unspecified atom stereocenters. The Kier molecular flexibility index (Phi) is 6.69. The Hall–Kier alpha value is -3.01. The number of esters is 1. The zero-order valence-corrected chi connectivity index (χ0v) is 15.5. The molecule has 140 valence electrons. The summed E-state index contributed by atoms with van der Waals surface area (Å²) in [5, 5.41) is 2.18. The van der Waals surface area contributed by atoms with Crippen LogP contribution in [0.15, 0.2) is 66.7 Å². The molecule has 0 saturated heterocycles. The van der Waals surface area contributed by atoms with Gasteiger partial charge in [-0.05, 0) is 53.9 Å². The standard InChI is InChI=1S/C23H24O4/c1-2-25-23(24)9-6-14-26-21-12-10-19-11-13-22(16-20(19)15-21)27-17-18-7-4-3-5-8-18/h3-5,7-8,10-13,15-16H,2,6,9,14,17H2,1H3. The van der Waals surface area contributed by atoms with E-state index in [9.17, 15) is 4.79 Å². The predicted octanol–water partition coefficient (Wildman–Crippen LogP) is 5.14. The quantitative estimate of drug-likeness (QED) is 0.389. The van der Waals surface area contributed by atoms with Crippen LogP contribution in [0.4, 0.5) is 0 Å². The number of ether oxygens (including phenoxy) is 3. The van der Waals surface area contributed by atoms with Crippen LogP contribution in [0.2, 0.25) is 0 Å². The second-order valence-electron chi connectivity index (χ2n) is 6.20. The van der Waals surface area contributed by atoms with E-state index in [4.69, 9.17) is 14.2 Å².